The standard InChI is InChI=1S/C12H15N3OS/c1-17(16)10-9-15-8-7-13-12(15)14-11-5-3-2-4-6-11/h2-8H,9-10H2,1H3,(H,13,14). The van der Waals surface area contributed by atoms with Gasteiger partial charge in [-0.15, -0.1) is 0 Å². The smallest absolute Gasteiger partial charge is 0.207 e. The summed E-state index contributed by atoms with van der Waals surface area (Å²) in [5.74, 6) is 1.42. The van der Waals surface area contributed by atoms with E-state index in [1.54, 1.807) is 12.5 Å². The molecule has 1 unspecified atom stereocenters. The van der Waals surface area contributed by atoms with E-state index in [2.05, 4.69) is 10.3 Å². The van der Waals surface area contributed by atoms with Crippen LogP contribution in [0.4, 0.5) is 11.6 Å². The molecule has 90 valence electrons. The molecule has 2 rings (SSSR count). The second-order valence-electron chi connectivity index (χ2n) is 3.71. The molecule has 1 heterocycles. The predicted molar refractivity (Wildman–Crippen MR) is 70.9 cm³/mol. The van der Waals surface area contributed by atoms with Crippen LogP contribution >= 0.6 is 0 Å². The van der Waals surface area contributed by atoms with Crippen molar-refractivity contribution in [1.82, 2.24) is 9.55 Å². The topological polar surface area (TPSA) is 46.9 Å². The Morgan fingerprint density at radius 1 is 1.35 bits per heavy atom. The van der Waals surface area contributed by atoms with Gasteiger partial charge in [-0.2, -0.15) is 0 Å². The first-order chi connectivity index (χ1) is 8.25. The van der Waals surface area contributed by atoms with Crippen LogP contribution in [0.25, 0.3) is 0 Å². The van der Waals surface area contributed by atoms with E-state index in [4.69, 9.17) is 0 Å². The van der Waals surface area contributed by atoms with Gasteiger partial charge in [-0.3, -0.25) is 4.21 Å². The minimum Gasteiger partial charge on any atom is -0.326 e. The molecular weight excluding hydrogens is 234 g/mol. The second kappa shape index (κ2) is 5.63. The van der Waals surface area contributed by atoms with E-state index in [-0.39, 0.29) is 0 Å². The quantitative estimate of drug-likeness (QED) is 0.881. The first kappa shape index (κ1) is 11.9. The van der Waals surface area contributed by atoms with Crippen LogP contribution in [0.3, 0.4) is 0 Å². The summed E-state index contributed by atoms with van der Waals surface area (Å²) in [7, 11) is -0.781. The van der Waals surface area contributed by atoms with E-state index in [0.717, 1.165) is 11.6 Å². The van der Waals surface area contributed by atoms with Gasteiger partial charge in [0.25, 0.3) is 0 Å². The monoisotopic (exact) mass is 249 g/mol. The van der Waals surface area contributed by atoms with Crippen LogP contribution in [-0.4, -0.2) is 25.8 Å². The molecule has 5 heteroatoms. The Kier molecular flexibility index (Phi) is 3.93. The predicted octanol–water partition coefficient (Wildman–Crippen LogP) is 2.01. The third kappa shape index (κ3) is 3.42. The molecule has 0 fully saturated rings. The molecule has 0 aliphatic carbocycles. The summed E-state index contributed by atoms with van der Waals surface area (Å²) in [6.45, 7) is 0.707. The third-order valence-corrected chi connectivity index (χ3v) is 3.12. The number of imidazole rings is 1. The zero-order valence-electron chi connectivity index (χ0n) is 9.67. The van der Waals surface area contributed by atoms with Crippen molar-refractivity contribution in [2.45, 2.75) is 6.54 Å². The van der Waals surface area contributed by atoms with Gasteiger partial charge in [0.05, 0.1) is 0 Å². The van der Waals surface area contributed by atoms with Gasteiger partial charge in [-0.05, 0) is 12.1 Å². The number of hydrogen-bond donors (Lipinski definition) is 1. The molecule has 17 heavy (non-hydrogen) atoms. The Labute approximate surface area is 103 Å². The Bertz CT molecular complexity index is 495. The number of aromatic nitrogens is 2. The number of nitrogens with zero attached hydrogens (tertiary/aromatic N) is 2. The largest absolute Gasteiger partial charge is 0.326 e. The van der Waals surface area contributed by atoms with Crippen LogP contribution in [-0.2, 0) is 17.3 Å². The summed E-state index contributed by atoms with van der Waals surface area (Å²) < 4.78 is 13.0. The lowest BCUT2D eigenvalue weighted by atomic mass is 10.3. The summed E-state index contributed by atoms with van der Waals surface area (Å²) >= 11 is 0. The van der Waals surface area contributed by atoms with Crippen LogP contribution in [0, 0.1) is 0 Å². The number of para-hydroxylation sites is 1. The fraction of sp³-hybridized carbons (Fsp3) is 0.250. The number of rotatable bonds is 5. The highest BCUT2D eigenvalue weighted by molar-refractivity contribution is 7.84. The van der Waals surface area contributed by atoms with E-state index < -0.39 is 10.8 Å². The Morgan fingerprint density at radius 2 is 2.12 bits per heavy atom. The van der Waals surface area contributed by atoms with Gasteiger partial charge in [0.15, 0.2) is 0 Å². The van der Waals surface area contributed by atoms with Crippen LogP contribution < -0.4 is 5.32 Å². The van der Waals surface area contributed by atoms with Gasteiger partial charge in [0, 0.05) is 47.4 Å². The minimum atomic E-state index is -0.781. The van der Waals surface area contributed by atoms with Crippen molar-refractivity contribution in [2.24, 2.45) is 0 Å². The van der Waals surface area contributed by atoms with Gasteiger partial charge in [-0.25, -0.2) is 4.98 Å². The van der Waals surface area contributed by atoms with Gasteiger partial charge in [0.2, 0.25) is 5.95 Å². The van der Waals surface area contributed by atoms with Gasteiger partial charge < -0.3 is 9.88 Å². The van der Waals surface area contributed by atoms with E-state index >= 15 is 0 Å². The van der Waals surface area contributed by atoms with Crippen LogP contribution in [0.2, 0.25) is 0 Å². The van der Waals surface area contributed by atoms with Crippen LogP contribution in [0.5, 0.6) is 0 Å². The molecule has 1 N–H and O–H groups in total. The number of nitrogens with one attached hydrogen (secondary N) is 1. The number of aryl methyl sites for hydroxylation is 1. The Morgan fingerprint density at radius 3 is 2.82 bits per heavy atom. The summed E-state index contributed by atoms with van der Waals surface area (Å²) in [6.07, 6.45) is 5.34. The molecule has 0 amide bonds. The van der Waals surface area contributed by atoms with Crippen molar-refractivity contribution >= 4 is 22.4 Å². The normalized spacial score (nSPS) is 12.3. The molecule has 4 nitrogen and oxygen atoms in total. The maximum atomic E-state index is 11.1. The molecule has 0 radical (unpaired) electrons. The molecule has 0 aliphatic rings. The van der Waals surface area contributed by atoms with Crippen LogP contribution in [0.15, 0.2) is 42.7 Å². The second-order valence-corrected chi connectivity index (χ2v) is 5.27. The number of anilines is 2. The highest BCUT2D eigenvalue weighted by atomic mass is 32.2. The molecule has 0 spiro atoms. The fourth-order valence-electron chi connectivity index (χ4n) is 1.49. The van der Waals surface area contributed by atoms with E-state index in [1.807, 2.05) is 41.1 Å². The van der Waals surface area contributed by atoms with Gasteiger partial charge >= 0.3 is 0 Å². The third-order valence-electron chi connectivity index (χ3n) is 2.37. The molecule has 0 aliphatic heterocycles. The lowest BCUT2D eigenvalue weighted by Crippen LogP contribution is -2.08. The minimum absolute atomic E-state index is 0.639. The van der Waals surface area contributed by atoms with Crippen molar-refractivity contribution < 1.29 is 4.21 Å². The fourth-order valence-corrected chi connectivity index (χ4v) is 1.94. The lowest BCUT2D eigenvalue weighted by Gasteiger charge is -2.08. The molecular formula is C12H15N3OS. The first-order valence-electron chi connectivity index (χ1n) is 5.39. The molecule has 1 aromatic heterocycles. The SMILES string of the molecule is CS(=O)CCn1ccnc1Nc1ccccc1. The maximum Gasteiger partial charge on any atom is 0.207 e. The van der Waals surface area contributed by atoms with Crippen molar-refractivity contribution in [1.29, 1.82) is 0 Å². The van der Waals surface area contributed by atoms with E-state index in [9.17, 15) is 4.21 Å². The zero-order valence-corrected chi connectivity index (χ0v) is 10.5. The van der Waals surface area contributed by atoms with Crippen molar-refractivity contribution in [3.63, 3.8) is 0 Å². The highest BCUT2D eigenvalue weighted by Crippen LogP contribution is 2.13. The Balaban J connectivity index is 2.06. The molecule has 1 atom stereocenters. The number of hydrogen-bond acceptors (Lipinski definition) is 3. The highest BCUT2D eigenvalue weighted by Gasteiger charge is 2.03. The summed E-state index contributed by atoms with van der Waals surface area (Å²) in [6, 6.07) is 9.87. The van der Waals surface area contributed by atoms with Gasteiger partial charge in [0.1, 0.15) is 0 Å². The molecule has 0 saturated heterocycles. The average molecular weight is 249 g/mol. The van der Waals surface area contributed by atoms with Gasteiger partial charge in [-0.1, -0.05) is 18.2 Å². The summed E-state index contributed by atoms with van der Waals surface area (Å²) in [4.78, 5) is 4.24. The molecule has 2 aromatic rings. The average Bonchev–Trinajstić information content (AvgIpc) is 2.75. The molecule has 0 bridgehead atoms. The lowest BCUT2D eigenvalue weighted by molar-refractivity contribution is 0.678. The number of benzene rings is 1. The van der Waals surface area contributed by atoms with Crippen molar-refractivity contribution in [3.8, 4) is 0 Å². The summed E-state index contributed by atoms with van der Waals surface area (Å²) in [5.41, 5.74) is 0.998. The molecule has 1 aromatic carbocycles. The maximum absolute atomic E-state index is 11.1. The molecule has 0 saturated carbocycles. The van der Waals surface area contributed by atoms with Crippen molar-refractivity contribution in [3.05, 3.63) is 42.7 Å². The van der Waals surface area contributed by atoms with E-state index in [1.165, 1.54) is 0 Å². The van der Waals surface area contributed by atoms with Crippen LogP contribution in [0.1, 0.15) is 0 Å². The zero-order chi connectivity index (χ0) is 12.1. The van der Waals surface area contributed by atoms with Crippen molar-refractivity contribution in [2.75, 3.05) is 17.3 Å². The van der Waals surface area contributed by atoms with E-state index in [0.29, 0.717) is 12.3 Å². The Hall–Kier alpha value is -1.62. The summed E-state index contributed by atoms with van der Waals surface area (Å²) in [5, 5.41) is 3.23. The first-order valence-corrected chi connectivity index (χ1v) is 7.11.